The predicted molar refractivity (Wildman–Crippen MR) is 110 cm³/mol. The number of pyridine rings is 1. The first-order chi connectivity index (χ1) is 11.7. The van der Waals surface area contributed by atoms with Crippen LogP contribution in [0.2, 0.25) is 5.15 Å². The minimum Gasteiger partial charge on any atom is -0.449 e. The molecule has 1 aromatic rings. The van der Waals surface area contributed by atoms with Gasteiger partial charge in [0.2, 0.25) is 0 Å². The molecule has 25 heavy (non-hydrogen) atoms. The second-order valence-electron chi connectivity index (χ2n) is 7.73. The molecular formula is C18H27ClIN3O2. The number of alkyl carbamates (subject to hydrolysis) is 1. The number of amides is 1. The molecule has 1 aliphatic rings. The summed E-state index contributed by atoms with van der Waals surface area (Å²) in [5, 5.41) is 6.83. The Bertz CT molecular complexity index is 584. The van der Waals surface area contributed by atoms with E-state index in [9.17, 15) is 4.79 Å². The van der Waals surface area contributed by atoms with Crippen LogP contribution >= 0.6 is 34.2 Å². The number of carbonyl (C=O) groups is 1. The number of nitrogens with zero attached hydrogens (tertiary/aromatic N) is 1. The van der Waals surface area contributed by atoms with Gasteiger partial charge in [0.1, 0.15) is 5.15 Å². The Hall–Kier alpha value is -0.760. The fraction of sp³-hybridized carbons (Fsp3) is 0.667. The normalized spacial score (nSPS) is 20.8. The van der Waals surface area contributed by atoms with E-state index in [0.29, 0.717) is 23.6 Å². The monoisotopic (exact) mass is 479 g/mol. The molecular weight excluding hydrogens is 453 g/mol. The lowest BCUT2D eigenvalue weighted by Gasteiger charge is -2.29. The van der Waals surface area contributed by atoms with Crippen molar-refractivity contribution in [3.8, 4) is 0 Å². The van der Waals surface area contributed by atoms with E-state index in [4.69, 9.17) is 16.3 Å². The molecule has 0 spiro atoms. The third-order valence-electron chi connectivity index (χ3n) is 4.30. The van der Waals surface area contributed by atoms with Crippen molar-refractivity contribution >= 4 is 46.0 Å². The number of aromatic nitrogens is 1. The van der Waals surface area contributed by atoms with E-state index in [1.165, 1.54) is 0 Å². The van der Waals surface area contributed by atoms with Crippen LogP contribution in [0.15, 0.2) is 12.3 Å². The van der Waals surface area contributed by atoms with Crippen molar-refractivity contribution < 1.29 is 9.53 Å². The number of hydrogen-bond acceptors (Lipinski definition) is 4. The zero-order valence-electron chi connectivity index (χ0n) is 15.1. The molecule has 0 aliphatic heterocycles. The van der Waals surface area contributed by atoms with Crippen LogP contribution in [0.1, 0.15) is 46.5 Å². The summed E-state index contributed by atoms with van der Waals surface area (Å²) in [4.78, 5) is 15.8. The van der Waals surface area contributed by atoms with Crippen LogP contribution in [0.3, 0.4) is 0 Å². The third kappa shape index (κ3) is 7.56. The minimum atomic E-state index is -0.319. The standard InChI is InChI=1S/C18H27ClIN3O2/c1-18(2,3)23-17(24)25-11-13-6-4-12(5-7-13)9-21-15-8-16(19)22-10-14(15)20/h8,10,12-13H,4-7,9,11H2,1-3H3,(H,21,22)(H,23,24). The van der Waals surface area contributed by atoms with Crippen LogP contribution in [0.4, 0.5) is 10.5 Å². The summed E-state index contributed by atoms with van der Waals surface area (Å²) in [5.41, 5.74) is 0.790. The Morgan fingerprint density at radius 2 is 1.96 bits per heavy atom. The largest absolute Gasteiger partial charge is 0.449 e. The van der Waals surface area contributed by atoms with Crippen LogP contribution in [-0.2, 0) is 4.74 Å². The average molecular weight is 480 g/mol. The maximum atomic E-state index is 11.7. The van der Waals surface area contributed by atoms with Gasteiger partial charge in [0.15, 0.2) is 0 Å². The fourth-order valence-corrected chi connectivity index (χ4v) is 3.58. The van der Waals surface area contributed by atoms with E-state index in [1.54, 1.807) is 6.20 Å². The van der Waals surface area contributed by atoms with Gasteiger partial charge < -0.3 is 15.4 Å². The Balaban J connectivity index is 1.68. The van der Waals surface area contributed by atoms with Crippen molar-refractivity contribution in [3.63, 3.8) is 0 Å². The SMILES string of the molecule is CC(C)(C)NC(=O)OCC1CCC(CNc2cc(Cl)ncc2I)CC1. The molecule has 0 saturated heterocycles. The van der Waals surface area contributed by atoms with Gasteiger partial charge in [-0.25, -0.2) is 9.78 Å². The van der Waals surface area contributed by atoms with Crippen molar-refractivity contribution in [2.75, 3.05) is 18.5 Å². The van der Waals surface area contributed by atoms with Crippen LogP contribution < -0.4 is 10.6 Å². The van der Waals surface area contributed by atoms with Crippen molar-refractivity contribution in [1.29, 1.82) is 0 Å². The van der Waals surface area contributed by atoms with Gasteiger partial charge in [-0.1, -0.05) is 11.6 Å². The number of ether oxygens (including phenoxy) is 1. The van der Waals surface area contributed by atoms with Crippen LogP contribution in [0.5, 0.6) is 0 Å². The number of carbonyl (C=O) groups excluding carboxylic acids is 1. The second kappa shape index (κ2) is 9.26. The van der Waals surface area contributed by atoms with Gasteiger partial charge >= 0.3 is 6.09 Å². The van der Waals surface area contributed by atoms with E-state index in [0.717, 1.165) is 41.5 Å². The van der Waals surface area contributed by atoms with Crippen molar-refractivity contribution in [2.24, 2.45) is 11.8 Å². The molecule has 7 heteroatoms. The molecule has 1 saturated carbocycles. The van der Waals surface area contributed by atoms with E-state index in [1.807, 2.05) is 26.8 Å². The molecule has 1 amide bonds. The van der Waals surface area contributed by atoms with Gasteiger partial charge in [-0.2, -0.15) is 0 Å². The maximum absolute atomic E-state index is 11.7. The minimum absolute atomic E-state index is 0.256. The third-order valence-corrected chi connectivity index (χ3v) is 5.36. The molecule has 0 bridgehead atoms. The lowest BCUT2D eigenvalue weighted by atomic mass is 9.82. The number of halogens is 2. The molecule has 1 heterocycles. The molecule has 2 N–H and O–H groups in total. The summed E-state index contributed by atoms with van der Waals surface area (Å²) in [6, 6.07) is 1.87. The highest BCUT2D eigenvalue weighted by molar-refractivity contribution is 14.1. The quantitative estimate of drug-likeness (QED) is 0.456. The summed E-state index contributed by atoms with van der Waals surface area (Å²) in [5.74, 6) is 1.11. The Morgan fingerprint density at radius 1 is 1.32 bits per heavy atom. The van der Waals surface area contributed by atoms with Crippen molar-refractivity contribution in [1.82, 2.24) is 10.3 Å². The Kier molecular flexibility index (Phi) is 7.61. The van der Waals surface area contributed by atoms with Gasteiger partial charge in [0.25, 0.3) is 0 Å². The first-order valence-corrected chi connectivity index (χ1v) is 10.2. The van der Waals surface area contributed by atoms with Gasteiger partial charge in [-0.15, -0.1) is 0 Å². The van der Waals surface area contributed by atoms with E-state index in [-0.39, 0.29) is 11.6 Å². The molecule has 5 nitrogen and oxygen atoms in total. The first-order valence-electron chi connectivity index (χ1n) is 8.73. The fourth-order valence-electron chi connectivity index (χ4n) is 2.94. The molecule has 0 unspecified atom stereocenters. The first kappa shape index (κ1) is 20.6. The highest BCUT2D eigenvalue weighted by Gasteiger charge is 2.23. The lowest BCUT2D eigenvalue weighted by Crippen LogP contribution is -2.41. The number of anilines is 1. The number of hydrogen-bond donors (Lipinski definition) is 2. The average Bonchev–Trinajstić information content (AvgIpc) is 2.53. The molecule has 0 atom stereocenters. The molecule has 0 radical (unpaired) electrons. The summed E-state index contributed by atoms with van der Waals surface area (Å²) < 4.78 is 6.44. The van der Waals surface area contributed by atoms with Crippen molar-refractivity contribution in [3.05, 3.63) is 21.0 Å². The topological polar surface area (TPSA) is 63.2 Å². The Morgan fingerprint density at radius 3 is 2.60 bits per heavy atom. The number of nitrogens with one attached hydrogen (secondary N) is 2. The molecule has 1 aromatic heterocycles. The molecule has 0 aromatic carbocycles. The van der Waals surface area contributed by atoms with Crippen LogP contribution in [-0.4, -0.2) is 29.8 Å². The van der Waals surface area contributed by atoms with Crippen LogP contribution in [0.25, 0.3) is 0 Å². The Labute approximate surface area is 168 Å². The summed E-state index contributed by atoms with van der Waals surface area (Å²) >= 11 is 8.22. The number of rotatable bonds is 5. The van der Waals surface area contributed by atoms with Gasteiger partial charge in [0, 0.05) is 18.3 Å². The summed E-state index contributed by atoms with van der Waals surface area (Å²) in [7, 11) is 0. The van der Waals surface area contributed by atoms with E-state index in [2.05, 4.69) is 38.2 Å². The second-order valence-corrected chi connectivity index (χ2v) is 9.28. The molecule has 140 valence electrons. The molecule has 1 fully saturated rings. The maximum Gasteiger partial charge on any atom is 0.407 e. The zero-order valence-corrected chi connectivity index (χ0v) is 18.0. The summed E-state index contributed by atoms with van der Waals surface area (Å²) in [6.45, 7) is 7.30. The highest BCUT2D eigenvalue weighted by atomic mass is 127. The predicted octanol–water partition coefficient (Wildman–Crippen LogP) is 5.08. The molecule has 1 aliphatic carbocycles. The van der Waals surface area contributed by atoms with Crippen LogP contribution in [0, 0.1) is 15.4 Å². The zero-order chi connectivity index (χ0) is 18.4. The van der Waals surface area contributed by atoms with Gasteiger partial charge in [-0.05, 0) is 86.9 Å². The smallest absolute Gasteiger partial charge is 0.407 e. The van der Waals surface area contributed by atoms with E-state index >= 15 is 0 Å². The van der Waals surface area contributed by atoms with E-state index < -0.39 is 0 Å². The van der Waals surface area contributed by atoms with Crippen molar-refractivity contribution in [2.45, 2.75) is 52.0 Å². The van der Waals surface area contributed by atoms with Gasteiger partial charge in [-0.3, -0.25) is 0 Å². The van der Waals surface area contributed by atoms with Gasteiger partial charge in [0.05, 0.1) is 15.9 Å². The molecule has 2 rings (SSSR count). The lowest BCUT2D eigenvalue weighted by molar-refractivity contribution is 0.104. The summed E-state index contributed by atoms with van der Waals surface area (Å²) in [6.07, 6.45) is 5.96. The highest BCUT2D eigenvalue weighted by Crippen LogP contribution is 2.30.